The van der Waals surface area contributed by atoms with E-state index in [2.05, 4.69) is 0 Å². The number of hydrogen-bond acceptors (Lipinski definition) is 6. The molecule has 1 unspecified atom stereocenters. The van der Waals surface area contributed by atoms with E-state index in [4.69, 9.17) is 21.1 Å². The van der Waals surface area contributed by atoms with Gasteiger partial charge in [-0.2, -0.15) is 0 Å². The molecule has 0 saturated carbocycles. The molecule has 1 amide bonds. The van der Waals surface area contributed by atoms with E-state index in [9.17, 15) is 19.7 Å². The minimum atomic E-state index is -0.543. The second kappa shape index (κ2) is 7.59. The van der Waals surface area contributed by atoms with E-state index >= 15 is 0 Å². The van der Waals surface area contributed by atoms with Crippen LogP contribution >= 0.6 is 11.6 Å². The van der Waals surface area contributed by atoms with E-state index in [1.807, 2.05) is 19.9 Å². The molecular formula is C24H21ClN2O6. The molecule has 0 spiro atoms. The van der Waals surface area contributed by atoms with Crippen LogP contribution in [0.15, 0.2) is 47.7 Å². The van der Waals surface area contributed by atoms with Crippen LogP contribution in [0.5, 0.6) is 11.5 Å². The van der Waals surface area contributed by atoms with Crippen molar-refractivity contribution in [3.8, 4) is 11.5 Å². The Bertz CT molecular complexity index is 1250. The van der Waals surface area contributed by atoms with Gasteiger partial charge in [-0.15, -0.1) is 0 Å². The Kier molecular flexibility index (Phi) is 4.93. The summed E-state index contributed by atoms with van der Waals surface area (Å²) >= 11 is 6.16. The molecule has 2 aromatic rings. The second-order valence-electron chi connectivity index (χ2n) is 9.29. The summed E-state index contributed by atoms with van der Waals surface area (Å²) < 4.78 is 10.9. The molecule has 1 atom stereocenters. The third-order valence-electron chi connectivity index (χ3n) is 6.32. The highest BCUT2D eigenvalue weighted by molar-refractivity contribution is 6.31. The maximum atomic E-state index is 13.5. The number of nitrogens with zero attached hydrogens (tertiary/aromatic N) is 2. The van der Waals surface area contributed by atoms with E-state index in [1.54, 1.807) is 12.1 Å². The first-order valence-corrected chi connectivity index (χ1v) is 10.9. The number of Topliss-reactive ketones (excluding diaryl/α,β-unsaturated/α-hetero) is 1. The highest BCUT2D eigenvalue weighted by Crippen LogP contribution is 2.50. The normalized spacial score (nSPS) is 21.3. The van der Waals surface area contributed by atoms with Crippen molar-refractivity contribution >= 4 is 34.7 Å². The Morgan fingerprint density at radius 1 is 1.09 bits per heavy atom. The molecule has 0 bridgehead atoms. The molecule has 2 aromatic carbocycles. The van der Waals surface area contributed by atoms with Crippen molar-refractivity contribution in [1.29, 1.82) is 0 Å². The van der Waals surface area contributed by atoms with Crippen molar-refractivity contribution in [1.82, 2.24) is 0 Å². The van der Waals surface area contributed by atoms with Crippen molar-refractivity contribution in [3.63, 3.8) is 0 Å². The maximum Gasteiger partial charge on any atom is 0.293 e. The maximum absolute atomic E-state index is 13.5. The standard InChI is InChI=1S/C24H21ClN2O6/c1-24(2)10-18-23(19(28)11-24)15(13-3-6-20-21(7-13)33-12-32-20)9-22(29)26(18)17-8-14(25)4-5-16(17)27(30)31/h3-8,15H,9-12H2,1-2H3. The van der Waals surface area contributed by atoms with E-state index in [0.717, 1.165) is 5.56 Å². The zero-order chi connectivity index (χ0) is 23.5. The fourth-order valence-electron chi connectivity index (χ4n) is 4.94. The predicted octanol–water partition coefficient (Wildman–Crippen LogP) is 5.14. The first-order valence-electron chi connectivity index (χ1n) is 10.6. The summed E-state index contributed by atoms with van der Waals surface area (Å²) in [6.07, 6.45) is 0.741. The number of ketones is 1. The van der Waals surface area contributed by atoms with Crippen LogP contribution in [0.1, 0.15) is 44.6 Å². The summed E-state index contributed by atoms with van der Waals surface area (Å²) in [5.74, 6) is 0.319. The van der Waals surface area contributed by atoms with E-state index in [0.29, 0.717) is 35.6 Å². The van der Waals surface area contributed by atoms with Crippen LogP contribution in [0.3, 0.4) is 0 Å². The van der Waals surface area contributed by atoms with Crippen LogP contribution in [-0.2, 0) is 9.59 Å². The molecule has 3 aliphatic rings. The topological polar surface area (TPSA) is 99.0 Å². The van der Waals surface area contributed by atoms with Gasteiger partial charge in [-0.3, -0.25) is 24.6 Å². The fraction of sp³-hybridized carbons (Fsp3) is 0.333. The third-order valence-corrected chi connectivity index (χ3v) is 6.55. The lowest BCUT2D eigenvalue weighted by molar-refractivity contribution is -0.384. The zero-order valence-corrected chi connectivity index (χ0v) is 18.8. The third kappa shape index (κ3) is 3.64. The number of nitro benzene ring substituents is 1. The first-order chi connectivity index (χ1) is 15.6. The number of ether oxygens (including phenoxy) is 2. The number of carbonyl (C=O) groups is 2. The number of anilines is 1. The predicted molar refractivity (Wildman–Crippen MR) is 121 cm³/mol. The molecule has 0 aromatic heterocycles. The highest BCUT2D eigenvalue weighted by Gasteiger charge is 2.45. The molecule has 0 fully saturated rings. The minimum absolute atomic E-state index is 0.00564. The van der Waals surface area contributed by atoms with Gasteiger partial charge in [0.05, 0.1) is 4.92 Å². The van der Waals surface area contributed by atoms with Gasteiger partial charge in [-0.05, 0) is 41.7 Å². The molecule has 5 rings (SSSR count). The van der Waals surface area contributed by atoms with Crippen molar-refractivity contribution < 1.29 is 24.0 Å². The van der Waals surface area contributed by atoms with Crippen LogP contribution in [0.2, 0.25) is 5.02 Å². The molecular weight excluding hydrogens is 448 g/mol. The van der Waals surface area contributed by atoms with Crippen LogP contribution in [-0.4, -0.2) is 23.4 Å². The summed E-state index contributed by atoms with van der Waals surface area (Å²) in [6.45, 7) is 4.03. The summed E-state index contributed by atoms with van der Waals surface area (Å²) in [7, 11) is 0. The first kappa shape index (κ1) is 21.5. The van der Waals surface area contributed by atoms with Crippen molar-refractivity contribution in [2.75, 3.05) is 11.7 Å². The lowest BCUT2D eigenvalue weighted by Gasteiger charge is -2.42. The highest BCUT2D eigenvalue weighted by atomic mass is 35.5. The van der Waals surface area contributed by atoms with Gasteiger partial charge in [0, 0.05) is 41.1 Å². The van der Waals surface area contributed by atoms with Crippen LogP contribution < -0.4 is 14.4 Å². The molecule has 0 N–H and O–H groups in total. The molecule has 33 heavy (non-hydrogen) atoms. The Labute approximate surface area is 194 Å². The summed E-state index contributed by atoms with van der Waals surface area (Å²) in [4.78, 5) is 39.5. The molecule has 8 nitrogen and oxygen atoms in total. The molecule has 0 saturated heterocycles. The summed E-state index contributed by atoms with van der Waals surface area (Å²) in [6, 6.07) is 9.52. The number of allylic oxidation sites excluding steroid dienone is 2. The SMILES string of the molecule is CC1(C)CC(=O)C2=C(C1)N(c1cc(Cl)ccc1[N+](=O)[O-])C(=O)CC2c1ccc2c(c1)OCO2. The number of nitro groups is 1. The smallest absolute Gasteiger partial charge is 0.293 e. The number of benzene rings is 2. The second-order valence-corrected chi connectivity index (χ2v) is 9.73. The average Bonchev–Trinajstić information content (AvgIpc) is 3.19. The Balaban J connectivity index is 1.71. The number of carbonyl (C=O) groups excluding carboxylic acids is 2. The van der Waals surface area contributed by atoms with Gasteiger partial charge in [0.25, 0.3) is 5.69 Å². The van der Waals surface area contributed by atoms with Crippen LogP contribution in [0, 0.1) is 15.5 Å². The number of hydrogen-bond donors (Lipinski definition) is 0. The van der Waals surface area contributed by atoms with Gasteiger partial charge in [0.2, 0.25) is 12.7 Å². The fourth-order valence-corrected chi connectivity index (χ4v) is 5.11. The Hall–Kier alpha value is -3.39. The Morgan fingerprint density at radius 3 is 2.61 bits per heavy atom. The number of amides is 1. The monoisotopic (exact) mass is 468 g/mol. The summed E-state index contributed by atoms with van der Waals surface area (Å²) in [5.41, 5.74) is 1.23. The molecule has 2 aliphatic heterocycles. The molecule has 9 heteroatoms. The Morgan fingerprint density at radius 2 is 1.85 bits per heavy atom. The lowest BCUT2D eigenvalue weighted by atomic mass is 9.69. The van der Waals surface area contributed by atoms with Gasteiger partial charge < -0.3 is 9.47 Å². The van der Waals surface area contributed by atoms with Gasteiger partial charge in [0.15, 0.2) is 17.3 Å². The number of rotatable bonds is 3. The van der Waals surface area contributed by atoms with E-state index in [-0.39, 0.29) is 41.3 Å². The van der Waals surface area contributed by atoms with Gasteiger partial charge in [-0.25, -0.2) is 0 Å². The molecule has 170 valence electrons. The molecule has 1 aliphatic carbocycles. The van der Waals surface area contributed by atoms with Crippen molar-refractivity contribution in [3.05, 3.63) is 68.4 Å². The number of halogens is 1. The average molecular weight is 469 g/mol. The summed E-state index contributed by atoms with van der Waals surface area (Å²) in [5, 5.41) is 12.0. The van der Waals surface area contributed by atoms with Gasteiger partial charge >= 0.3 is 0 Å². The zero-order valence-electron chi connectivity index (χ0n) is 18.1. The van der Waals surface area contributed by atoms with Gasteiger partial charge in [-0.1, -0.05) is 31.5 Å². The lowest BCUT2D eigenvalue weighted by Crippen LogP contribution is -2.44. The largest absolute Gasteiger partial charge is 0.454 e. The van der Waals surface area contributed by atoms with Crippen molar-refractivity contribution in [2.24, 2.45) is 5.41 Å². The van der Waals surface area contributed by atoms with Gasteiger partial charge in [0.1, 0.15) is 5.69 Å². The van der Waals surface area contributed by atoms with Crippen molar-refractivity contribution in [2.45, 2.75) is 39.0 Å². The van der Waals surface area contributed by atoms with E-state index in [1.165, 1.54) is 23.1 Å². The van der Waals surface area contributed by atoms with E-state index < -0.39 is 16.3 Å². The quantitative estimate of drug-likeness (QED) is 0.456. The van der Waals surface area contributed by atoms with Crippen LogP contribution in [0.4, 0.5) is 11.4 Å². The van der Waals surface area contributed by atoms with Crippen LogP contribution in [0.25, 0.3) is 0 Å². The molecule has 2 heterocycles. The molecule has 0 radical (unpaired) electrons. The number of fused-ring (bicyclic) bond motifs is 1. The minimum Gasteiger partial charge on any atom is -0.454 e.